The summed E-state index contributed by atoms with van der Waals surface area (Å²) in [7, 11) is 1.58. The summed E-state index contributed by atoms with van der Waals surface area (Å²) in [5.41, 5.74) is 2.90. The average Bonchev–Trinajstić information content (AvgIpc) is 3.18. The molecular formula is C26H25N3O3S2. The van der Waals surface area contributed by atoms with Crippen LogP contribution in [0.3, 0.4) is 0 Å². The zero-order chi connectivity index (χ0) is 24.1. The first-order chi connectivity index (χ1) is 16.5. The van der Waals surface area contributed by atoms with Crippen molar-refractivity contribution in [2.24, 2.45) is 5.92 Å². The van der Waals surface area contributed by atoms with Gasteiger partial charge in [-0.15, -0.1) is 23.1 Å². The lowest BCUT2D eigenvalue weighted by Crippen LogP contribution is -2.14. The second-order valence-corrected chi connectivity index (χ2v) is 10.4. The molecule has 1 aliphatic rings. The minimum atomic E-state index is -0.220. The quantitative estimate of drug-likeness (QED) is 0.412. The number of hydrogen-bond acceptors (Lipinski definition) is 6. The van der Waals surface area contributed by atoms with Crippen LogP contribution in [0.5, 0.6) is 5.75 Å². The average molecular weight is 492 g/mol. The van der Waals surface area contributed by atoms with Crippen molar-refractivity contribution < 1.29 is 14.3 Å². The fourth-order valence-electron chi connectivity index (χ4n) is 3.88. The highest BCUT2D eigenvalue weighted by atomic mass is 32.2. The summed E-state index contributed by atoms with van der Waals surface area (Å²) in [4.78, 5) is 27.2. The second-order valence-electron chi connectivity index (χ2n) is 8.21. The Kier molecular flexibility index (Phi) is 7.56. The van der Waals surface area contributed by atoms with Crippen molar-refractivity contribution in [3.63, 3.8) is 0 Å². The van der Waals surface area contributed by atoms with E-state index >= 15 is 0 Å². The molecule has 4 rings (SSSR count). The topological polar surface area (TPSA) is 91.2 Å². The van der Waals surface area contributed by atoms with Crippen LogP contribution in [-0.2, 0) is 17.6 Å². The molecule has 2 aromatic carbocycles. The van der Waals surface area contributed by atoms with Crippen molar-refractivity contribution in [2.75, 3.05) is 23.5 Å². The number of fused-ring (bicyclic) bond motifs is 1. The van der Waals surface area contributed by atoms with E-state index in [1.165, 1.54) is 28.0 Å². The minimum Gasteiger partial charge on any atom is -0.497 e. The number of nitrogens with zero attached hydrogens (tertiary/aromatic N) is 1. The van der Waals surface area contributed by atoms with Gasteiger partial charge in [0, 0.05) is 21.0 Å². The summed E-state index contributed by atoms with van der Waals surface area (Å²) >= 11 is 2.91. The van der Waals surface area contributed by atoms with Gasteiger partial charge in [-0.25, -0.2) is 0 Å². The number of anilines is 2. The molecule has 34 heavy (non-hydrogen) atoms. The number of ether oxygens (including phenoxy) is 1. The highest BCUT2D eigenvalue weighted by Crippen LogP contribution is 2.39. The molecule has 3 aromatic rings. The maximum Gasteiger partial charge on any atom is 0.255 e. The molecule has 2 amide bonds. The van der Waals surface area contributed by atoms with E-state index in [-0.39, 0.29) is 17.6 Å². The lowest BCUT2D eigenvalue weighted by molar-refractivity contribution is -0.113. The molecule has 0 fully saturated rings. The second kappa shape index (κ2) is 10.8. The Morgan fingerprint density at radius 2 is 2.00 bits per heavy atom. The van der Waals surface area contributed by atoms with Crippen LogP contribution in [0, 0.1) is 17.2 Å². The Morgan fingerprint density at radius 3 is 2.74 bits per heavy atom. The van der Waals surface area contributed by atoms with Crippen LogP contribution in [0.1, 0.15) is 39.7 Å². The summed E-state index contributed by atoms with van der Waals surface area (Å²) in [6, 6.07) is 16.6. The summed E-state index contributed by atoms with van der Waals surface area (Å²) in [6.45, 7) is 2.22. The van der Waals surface area contributed by atoms with Gasteiger partial charge in [-0.3, -0.25) is 9.59 Å². The first-order valence-electron chi connectivity index (χ1n) is 11.0. The number of carbonyl (C=O) groups excluding carboxylic acids is 2. The lowest BCUT2D eigenvalue weighted by Gasteiger charge is -2.17. The molecule has 8 heteroatoms. The van der Waals surface area contributed by atoms with Crippen molar-refractivity contribution in [1.29, 1.82) is 5.26 Å². The van der Waals surface area contributed by atoms with E-state index in [9.17, 15) is 14.9 Å². The lowest BCUT2D eigenvalue weighted by atomic mass is 9.89. The van der Waals surface area contributed by atoms with Crippen LogP contribution in [-0.4, -0.2) is 24.7 Å². The molecule has 0 radical (unpaired) electrons. The summed E-state index contributed by atoms with van der Waals surface area (Å²) < 4.78 is 5.12. The van der Waals surface area contributed by atoms with Gasteiger partial charge in [0.05, 0.1) is 18.4 Å². The monoisotopic (exact) mass is 491 g/mol. The number of benzene rings is 2. The zero-order valence-electron chi connectivity index (χ0n) is 19.0. The molecular weight excluding hydrogens is 466 g/mol. The largest absolute Gasteiger partial charge is 0.497 e. The molecule has 174 valence electrons. The minimum absolute atomic E-state index is 0.152. The SMILES string of the molecule is COc1ccc(C(=O)Nc2cccc(SCC(=O)Nc3sc4c(c3C#N)CCC(C)C4)c2)cc1. The fraction of sp³-hybridized carbons (Fsp3) is 0.269. The molecule has 1 aliphatic carbocycles. The normalized spacial score (nSPS) is 14.6. The Bertz CT molecular complexity index is 1250. The molecule has 1 atom stereocenters. The highest BCUT2D eigenvalue weighted by Gasteiger charge is 2.24. The van der Waals surface area contributed by atoms with Gasteiger partial charge in [0.2, 0.25) is 5.91 Å². The van der Waals surface area contributed by atoms with E-state index in [0.717, 1.165) is 29.7 Å². The molecule has 0 spiro atoms. The van der Waals surface area contributed by atoms with E-state index < -0.39 is 0 Å². The number of carbonyl (C=O) groups is 2. The fourth-order valence-corrected chi connectivity index (χ4v) is 6.01. The third-order valence-corrected chi connectivity index (χ3v) is 7.85. The number of amides is 2. The van der Waals surface area contributed by atoms with Gasteiger partial charge in [-0.05, 0) is 73.2 Å². The molecule has 0 saturated carbocycles. The molecule has 6 nitrogen and oxygen atoms in total. The van der Waals surface area contributed by atoms with Crippen molar-refractivity contribution in [3.05, 3.63) is 70.1 Å². The summed E-state index contributed by atoms with van der Waals surface area (Å²) in [5.74, 6) is 1.13. The molecule has 0 bridgehead atoms. The maximum atomic E-state index is 12.6. The van der Waals surface area contributed by atoms with E-state index in [2.05, 4.69) is 23.6 Å². The van der Waals surface area contributed by atoms with Gasteiger partial charge < -0.3 is 15.4 Å². The maximum absolute atomic E-state index is 12.6. The highest BCUT2D eigenvalue weighted by molar-refractivity contribution is 8.00. The smallest absolute Gasteiger partial charge is 0.255 e. The molecule has 0 aliphatic heterocycles. The number of thioether (sulfide) groups is 1. The van der Waals surface area contributed by atoms with Crippen LogP contribution in [0.4, 0.5) is 10.7 Å². The molecule has 0 saturated heterocycles. The van der Waals surface area contributed by atoms with Gasteiger partial charge in [-0.1, -0.05) is 13.0 Å². The molecule has 2 N–H and O–H groups in total. The van der Waals surface area contributed by atoms with Crippen molar-refractivity contribution >= 4 is 45.6 Å². The first-order valence-corrected chi connectivity index (χ1v) is 12.8. The summed E-state index contributed by atoms with van der Waals surface area (Å²) in [5, 5.41) is 16.1. The van der Waals surface area contributed by atoms with Gasteiger partial charge in [0.1, 0.15) is 16.8 Å². The number of nitriles is 1. The number of nitrogens with one attached hydrogen (secondary N) is 2. The predicted octanol–water partition coefficient (Wildman–Crippen LogP) is 5.74. The number of methoxy groups -OCH3 is 1. The van der Waals surface area contributed by atoms with Crippen LogP contribution in [0.2, 0.25) is 0 Å². The third-order valence-electron chi connectivity index (χ3n) is 5.69. The van der Waals surface area contributed by atoms with E-state index in [4.69, 9.17) is 4.74 Å². The predicted molar refractivity (Wildman–Crippen MR) is 137 cm³/mol. The van der Waals surface area contributed by atoms with Gasteiger partial charge in [-0.2, -0.15) is 5.26 Å². The number of hydrogen-bond donors (Lipinski definition) is 2. The van der Waals surface area contributed by atoms with Crippen LogP contribution in [0.15, 0.2) is 53.4 Å². The Balaban J connectivity index is 1.35. The van der Waals surface area contributed by atoms with Crippen LogP contribution < -0.4 is 15.4 Å². The molecule has 1 heterocycles. The van der Waals surface area contributed by atoms with Gasteiger partial charge in [0.15, 0.2) is 0 Å². The Hall–Kier alpha value is -3.28. The number of rotatable bonds is 7. The first kappa shape index (κ1) is 23.9. The third kappa shape index (κ3) is 5.61. The molecule has 1 aromatic heterocycles. The van der Waals surface area contributed by atoms with Crippen molar-refractivity contribution in [1.82, 2.24) is 0 Å². The molecule has 1 unspecified atom stereocenters. The van der Waals surface area contributed by atoms with Crippen molar-refractivity contribution in [3.8, 4) is 11.8 Å². The van der Waals surface area contributed by atoms with Gasteiger partial charge >= 0.3 is 0 Å². The van der Waals surface area contributed by atoms with E-state index in [0.29, 0.717) is 33.5 Å². The van der Waals surface area contributed by atoms with Crippen molar-refractivity contribution in [2.45, 2.75) is 31.1 Å². The summed E-state index contributed by atoms with van der Waals surface area (Å²) in [6.07, 6.45) is 2.94. The van der Waals surface area contributed by atoms with Crippen LogP contribution in [0.25, 0.3) is 0 Å². The van der Waals surface area contributed by atoms with Gasteiger partial charge in [0.25, 0.3) is 5.91 Å². The zero-order valence-corrected chi connectivity index (χ0v) is 20.6. The van der Waals surface area contributed by atoms with Crippen LogP contribution >= 0.6 is 23.1 Å². The Labute approximate surface area is 207 Å². The standard InChI is InChI=1S/C26H25N3O3S2/c1-16-6-11-21-22(14-27)26(34-23(21)12-16)29-24(30)15-33-20-5-3-4-18(13-20)28-25(31)17-7-9-19(32-2)10-8-17/h3-5,7-10,13,16H,6,11-12,15H2,1-2H3,(H,28,31)(H,29,30). The van der Waals surface area contributed by atoms with E-state index in [1.54, 1.807) is 31.4 Å². The number of thiophene rings is 1. The Morgan fingerprint density at radius 1 is 1.21 bits per heavy atom. The van der Waals surface area contributed by atoms with E-state index in [1.807, 2.05) is 24.3 Å².